The van der Waals surface area contributed by atoms with E-state index >= 15 is 0 Å². The first kappa shape index (κ1) is 17.1. The molecule has 1 saturated carbocycles. The lowest BCUT2D eigenvalue weighted by atomic mass is 10.0. The molecule has 1 aromatic carbocycles. The third-order valence-electron chi connectivity index (χ3n) is 5.31. The van der Waals surface area contributed by atoms with Crippen LogP contribution >= 0.6 is 0 Å². The lowest BCUT2D eigenvalue weighted by molar-refractivity contribution is -0.127. The van der Waals surface area contributed by atoms with Gasteiger partial charge in [-0.3, -0.25) is 14.7 Å². The smallest absolute Gasteiger partial charge is 0.242 e. The van der Waals surface area contributed by atoms with Crippen molar-refractivity contribution in [3.05, 3.63) is 65.5 Å². The first-order valence-corrected chi connectivity index (χ1v) is 9.01. The number of nitrogens with zero attached hydrogens (tertiary/aromatic N) is 2. The van der Waals surface area contributed by atoms with Gasteiger partial charge in [0.05, 0.1) is 5.54 Å². The molecule has 26 heavy (non-hydrogen) atoms. The van der Waals surface area contributed by atoms with Gasteiger partial charge in [-0.05, 0) is 68.6 Å². The summed E-state index contributed by atoms with van der Waals surface area (Å²) < 4.78 is 27.9. The molecule has 1 aliphatic heterocycles. The minimum absolute atomic E-state index is 0.180. The Bertz CT molecular complexity index is 802. The molecule has 1 N–H and O–H groups in total. The summed E-state index contributed by atoms with van der Waals surface area (Å²) in [4.78, 5) is 19.4. The number of rotatable bonds is 5. The molecule has 1 unspecified atom stereocenters. The molecule has 0 radical (unpaired) electrons. The number of aromatic nitrogens is 1. The van der Waals surface area contributed by atoms with Crippen LogP contribution in [-0.4, -0.2) is 28.9 Å². The number of nitrogens with one attached hydrogen (secondary N) is 1. The maximum absolute atomic E-state index is 14.2. The Morgan fingerprint density at radius 2 is 1.96 bits per heavy atom. The number of carbonyl (C=O) groups is 1. The highest BCUT2D eigenvalue weighted by Gasteiger charge is 2.49. The third kappa shape index (κ3) is 3.21. The molecule has 1 saturated heterocycles. The second-order valence-corrected chi connectivity index (χ2v) is 7.13. The number of pyridine rings is 1. The van der Waals surface area contributed by atoms with Gasteiger partial charge in [-0.15, -0.1) is 0 Å². The standard InChI is InChI=1S/C20H21F2N3O/c21-15-5-6-17(22)16(12-15)20(7-8-20)24-19(26)18(25-10-1-2-11-25)14-4-3-9-23-13-14/h3-6,9,12-13,18H,1-2,7-8,10-11H2,(H,24,26). The summed E-state index contributed by atoms with van der Waals surface area (Å²) in [6, 6.07) is 6.65. The van der Waals surface area contributed by atoms with Gasteiger partial charge in [0, 0.05) is 18.0 Å². The quantitative estimate of drug-likeness (QED) is 0.893. The SMILES string of the molecule is O=C(NC1(c2cc(F)ccc2F)CC1)C(c1cccnc1)N1CCCC1. The molecule has 4 nitrogen and oxygen atoms in total. The molecule has 1 aliphatic carbocycles. The fourth-order valence-electron chi connectivity index (χ4n) is 3.82. The monoisotopic (exact) mass is 357 g/mol. The number of likely N-dealkylation sites (tertiary alicyclic amines) is 1. The van der Waals surface area contributed by atoms with Gasteiger partial charge in [-0.25, -0.2) is 8.78 Å². The van der Waals surface area contributed by atoms with Gasteiger partial charge >= 0.3 is 0 Å². The molecule has 0 spiro atoms. The largest absolute Gasteiger partial charge is 0.345 e. The Morgan fingerprint density at radius 3 is 2.62 bits per heavy atom. The molecule has 2 aromatic rings. The summed E-state index contributed by atoms with van der Waals surface area (Å²) in [5.41, 5.74) is 0.253. The Hall–Kier alpha value is -2.34. The summed E-state index contributed by atoms with van der Waals surface area (Å²) in [6.45, 7) is 1.68. The summed E-state index contributed by atoms with van der Waals surface area (Å²) in [6.07, 6.45) is 6.69. The molecule has 1 amide bonds. The molecule has 4 rings (SSSR count). The third-order valence-corrected chi connectivity index (χ3v) is 5.31. The van der Waals surface area contributed by atoms with Crippen LogP contribution in [-0.2, 0) is 10.3 Å². The lowest BCUT2D eigenvalue weighted by Gasteiger charge is -2.29. The van der Waals surface area contributed by atoms with Gasteiger partial charge in [0.2, 0.25) is 5.91 Å². The van der Waals surface area contributed by atoms with E-state index in [9.17, 15) is 13.6 Å². The fourth-order valence-corrected chi connectivity index (χ4v) is 3.82. The highest BCUT2D eigenvalue weighted by Crippen LogP contribution is 2.47. The normalized spacial score (nSPS) is 19.9. The van der Waals surface area contributed by atoms with Crippen LogP contribution in [0.4, 0.5) is 8.78 Å². The molecule has 0 bridgehead atoms. The van der Waals surface area contributed by atoms with Crippen molar-refractivity contribution in [2.45, 2.75) is 37.3 Å². The van der Waals surface area contributed by atoms with Crippen LogP contribution < -0.4 is 5.32 Å². The fraction of sp³-hybridized carbons (Fsp3) is 0.400. The zero-order chi connectivity index (χ0) is 18.1. The van der Waals surface area contributed by atoms with E-state index in [0.717, 1.165) is 43.6 Å². The molecule has 1 aromatic heterocycles. The Morgan fingerprint density at radius 1 is 1.19 bits per heavy atom. The van der Waals surface area contributed by atoms with Crippen molar-refractivity contribution in [2.75, 3.05) is 13.1 Å². The van der Waals surface area contributed by atoms with Gasteiger partial charge in [0.25, 0.3) is 0 Å². The van der Waals surface area contributed by atoms with E-state index in [1.165, 1.54) is 6.07 Å². The van der Waals surface area contributed by atoms with Crippen molar-refractivity contribution in [3.8, 4) is 0 Å². The van der Waals surface area contributed by atoms with E-state index < -0.39 is 23.2 Å². The van der Waals surface area contributed by atoms with Crippen molar-refractivity contribution < 1.29 is 13.6 Å². The number of hydrogen-bond acceptors (Lipinski definition) is 3. The van der Waals surface area contributed by atoms with Crippen molar-refractivity contribution in [1.29, 1.82) is 0 Å². The van der Waals surface area contributed by atoms with Crippen LogP contribution in [0.15, 0.2) is 42.7 Å². The van der Waals surface area contributed by atoms with Gasteiger partial charge in [-0.1, -0.05) is 6.07 Å². The summed E-state index contributed by atoms with van der Waals surface area (Å²) in [5, 5.41) is 3.01. The van der Waals surface area contributed by atoms with Crippen LogP contribution in [0.2, 0.25) is 0 Å². The predicted octanol–water partition coefficient (Wildman–Crippen LogP) is 3.30. The first-order chi connectivity index (χ1) is 12.6. The minimum atomic E-state index is -0.802. The number of halogens is 2. The number of amides is 1. The Kier molecular flexibility index (Phi) is 4.44. The Balaban J connectivity index is 1.61. The van der Waals surface area contributed by atoms with Crippen molar-refractivity contribution in [2.24, 2.45) is 0 Å². The molecule has 2 fully saturated rings. The maximum atomic E-state index is 14.2. The second kappa shape index (κ2) is 6.76. The highest BCUT2D eigenvalue weighted by atomic mass is 19.1. The zero-order valence-corrected chi connectivity index (χ0v) is 14.4. The first-order valence-electron chi connectivity index (χ1n) is 9.01. The summed E-state index contributed by atoms with van der Waals surface area (Å²) >= 11 is 0. The van der Waals surface area contributed by atoms with Gasteiger partial charge in [0.1, 0.15) is 17.7 Å². The molecule has 2 heterocycles. The lowest BCUT2D eigenvalue weighted by Crippen LogP contribution is -2.44. The van der Waals surface area contributed by atoms with Crippen LogP contribution in [0.1, 0.15) is 42.9 Å². The van der Waals surface area contributed by atoms with Crippen LogP contribution in [0, 0.1) is 11.6 Å². The van der Waals surface area contributed by atoms with Gasteiger partial charge in [-0.2, -0.15) is 0 Å². The van der Waals surface area contributed by atoms with Crippen molar-refractivity contribution in [1.82, 2.24) is 15.2 Å². The minimum Gasteiger partial charge on any atom is -0.345 e. The van der Waals surface area contributed by atoms with Gasteiger partial charge < -0.3 is 5.32 Å². The van der Waals surface area contributed by atoms with Crippen molar-refractivity contribution >= 4 is 5.91 Å². The van der Waals surface area contributed by atoms with Crippen LogP contribution in [0.25, 0.3) is 0 Å². The molecule has 1 atom stereocenters. The maximum Gasteiger partial charge on any atom is 0.242 e. The van der Waals surface area contributed by atoms with E-state index in [1.807, 2.05) is 12.1 Å². The topological polar surface area (TPSA) is 45.2 Å². The number of hydrogen-bond donors (Lipinski definition) is 1. The molecule has 2 aliphatic rings. The number of carbonyl (C=O) groups excluding carboxylic acids is 1. The molecular formula is C20H21F2N3O. The van der Waals surface area contributed by atoms with Crippen molar-refractivity contribution in [3.63, 3.8) is 0 Å². The second-order valence-electron chi connectivity index (χ2n) is 7.13. The van der Waals surface area contributed by atoms with E-state index in [-0.39, 0.29) is 11.5 Å². The molecule has 6 heteroatoms. The predicted molar refractivity (Wildman–Crippen MR) is 93.2 cm³/mol. The average molecular weight is 357 g/mol. The molecule has 136 valence electrons. The summed E-state index contributed by atoms with van der Waals surface area (Å²) in [7, 11) is 0. The highest BCUT2D eigenvalue weighted by molar-refractivity contribution is 5.84. The van der Waals surface area contributed by atoms with Crippen LogP contribution in [0.3, 0.4) is 0 Å². The number of benzene rings is 1. The molecular weight excluding hydrogens is 336 g/mol. The summed E-state index contributed by atoms with van der Waals surface area (Å²) in [5.74, 6) is -1.16. The van der Waals surface area contributed by atoms with E-state index in [4.69, 9.17) is 0 Å². The van der Waals surface area contributed by atoms with E-state index in [1.54, 1.807) is 12.4 Å². The van der Waals surface area contributed by atoms with E-state index in [0.29, 0.717) is 12.8 Å². The Labute approximate surface area is 151 Å². The van der Waals surface area contributed by atoms with Crippen LogP contribution in [0.5, 0.6) is 0 Å². The average Bonchev–Trinajstić information content (AvgIpc) is 3.21. The van der Waals surface area contributed by atoms with Gasteiger partial charge in [0.15, 0.2) is 0 Å². The zero-order valence-electron chi connectivity index (χ0n) is 14.4. The van der Waals surface area contributed by atoms with E-state index in [2.05, 4.69) is 15.2 Å².